The maximum Gasteiger partial charge on any atom is 0.335 e. The Bertz CT molecular complexity index is 334. The van der Waals surface area contributed by atoms with Gasteiger partial charge in [-0.1, -0.05) is 24.3 Å². The van der Waals surface area contributed by atoms with E-state index in [2.05, 4.69) is 6.58 Å². The zero-order chi connectivity index (χ0) is 10.4. The van der Waals surface area contributed by atoms with E-state index in [4.69, 9.17) is 5.11 Å². The summed E-state index contributed by atoms with van der Waals surface area (Å²) in [5, 5.41) is 8.89. The van der Waals surface area contributed by atoms with Gasteiger partial charge < -0.3 is 5.11 Å². The van der Waals surface area contributed by atoms with Crippen molar-refractivity contribution in [2.75, 3.05) is 5.75 Å². The Labute approximate surface area is 87.6 Å². The van der Waals surface area contributed by atoms with Gasteiger partial charge in [-0.2, -0.15) is 11.8 Å². The number of carbonyl (C=O) groups is 1. The smallest absolute Gasteiger partial charge is 0.335 e. The second-order valence-electron chi connectivity index (χ2n) is 2.77. The van der Waals surface area contributed by atoms with Crippen molar-refractivity contribution in [3.63, 3.8) is 0 Å². The van der Waals surface area contributed by atoms with E-state index in [9.17, 15) is 4.79 Å². The molecule has 0 aliphatic carbocycles. The van der Waals surface area contributed by atoms with Crippen molar-refractivity contribution < 1.29 is 9.90 Å². The van der Waals surface area contributed by atoms with Crippen LogP contribution >= 0.6 is 11.8 Å². The summed E-state index contributed by atoms with van der Waals surface area (Å²) in [5.74, 6) is 0.697. The van der Waals surface area contributed by atoms with E-state index in [0.717, 1.165) is 11.3 Å². The first-order valence-electron chi connectivity index (χ1n) is 4.25. The Kier molecular flexibility index (Phi) is 4.26. The maximum absolute atomic E-state index is 10.8. The molecule has 0 aromatic heterocycles. The van der Waals surface area contributed by atoms with Crippen LogP contribution in [0.4, 0.5) is 0 Å². The lowest BCUT2D eigenvalue weighted by Gasteiger charge is -2.03. The molecule has 1 rings (SSSR count). The summed E-state index contributed by atoms with van der Waals surface area (Å²) in [4.78, 5) is 10.8. The fraction of sp³-hybridized carbons (Fsp3) is 0.182. The van der Waals surface area contributed by atoms with Gasteiger partial charge in [0.15, 0.2) is 0 Å². The van der Waals surface area contributed by atoms with Crippen molar-refractivity contribution in [2.45, 2.75) is 5.75 Å². The first kappa shape index (κ1) is 10.9. The topological polar surface area (TPSA) is 37.3 Å². The molecule has 0 radical (unpaired) electrons. The molecule has 0 fully saturated rings. The summed E-state index contributed by atoms with van der Waals surface area (Å²) < 4.78 is 0. The van der Waals surface area contributed by atoms with E-state index in [1.54, 1.807) is 23.9 Å². The molecule has 1 aromatic carbocycles. The van der Waals surface area contributed by atoms with Crippen molar-refractivity contribution >= 4 is 17.7 Å². The molecule has 2 nitrogen and oxygen atoms in total. The molecule has 0 bridgehead atoms. The normalized spacial score (nSPS) is 9.71. The molecule has 1 aromatic rings. The van der Waals surface area contributed by atoms with Crippen molar-refractivity contribution in [1.82, 2.24) is 0 Å². The highest BCUT2D eigenvalue weighted by Gasteiger charge is 2.07. The lowest BCUT2D eigenvalue weighted by Crippen LogP contribution is -2.00. The van der Waals surface area contributed by atoms with Crippen LogP contribution in [0.5, 0.6) is 0 Å². The van der Waals surface area contributed by atoms with Gasteiger partial charge in [0.1, 0.15) is 0 Å². The van der Waals surface area contributed by atoms with Gasteiger partial charge in [0.2, 0.25) is 0 Å². The highest BCUT2D eigenvalue weighted by atomic mass is 32.2. The third-order valence-electron chi connectivity index (χ3n) is 1.74. The van der Waals surface area contributed by atoms with Gasteiger partial charge in [0.25, 0.3) is 0 Å². The number of carboxylic acid groups (broad SMARTS) is 1. The minimum Gasteiger partial charge on any atom is -0.478 e. The minimum atomic E-state index is -0.861. The number of rotatable bonds is 5. The highest BCUT2D eigenvalue weighted by molar-refractivity contribution is 7.98. The number of aromatic carboxylic acids is 1. The molecule has 14 heavy (non-hydrogen) atoms. The molecule has 0 aliphatic rings. The maximum atomic E-state index is 10.8. The molecule has 3 heteroatoms. The molecule has 0 aliphatic heterocycles. The van der Waals surface area contributed by atoms with Gasteiger partial charge in [-0.25, -0.2) is 4.79 Å². The first-order valence-corrected chi connectivity index (χ1v) is 5.41. The molecule has 0 heterocycles. The average Bonchev–Trinajstić information content (AvgIpc) is 2.19. The predicted octanol–water partition coefficient (Wildman–Crippen LogP) is 2.80. The molecule has 0 saturated heterocycles. The molecular weight excluding hydrogens is 196 g/mol. The van der Waals surface area contributed by atoms with Gasteiger partial charge in [-0.3, -0.25) is 0 Å². The molecule has 0 amide bonds. The van der Waals surface area contributed by atoms with Crippen molar-refractivity contribution in [1.29, 1.82) is 0 Å². The van der Waals surface area contributed by atoms with E-state index < -0.39 is 5.97 Å². The molecule has 0 saturated carbocycles. The predicted molar refractivity (Wildman–Crippen MR) is 59.8 cm³/mol. The Morgan fingerprint density at radius 1 is 1.50 bits per heavy atom. The Morgan fingerprint density at radius 2 is 2.21 bits per heavy atom. The molecule has 74 valence electrons. The van der Waals surface area contributed by atoms with Crippen LogP contribution < -0.4 is 0 Å². The zero-order valence-corrected chi connectivity index (χ0v) is 8.59. The van der Waals surface area contributed by atoms with Crippen LogP contribution in [0.3, 0.4) is 0 Å². The Hall–Kier alpha value is -1.22. The lowest BCUT2D eigenvalue weighted by atomic mass is 10.1. The molecule has 0 atom stereocenters. The first-order chi connectivity index (χ1) is 6.75. The number of hydrogen-bond donors (Lipinski definition) is 1. The molecular formula is C11H12O2S. The molecule has 0 spiro atoms. The van der Waals surface area contributed by atoms with Crippen LogP contribution in [0.25, 0.3) is 0 Å². The van der Waals surface area contributed by atoms with Crippen LogP contribution in [0.15, 0.2) is 36.9 Å². The molecule has 0 unspecified atom stereocenters. The number of thioether (sulfide) groups is 1. The van der Waals surface area contributed by atoms with Crippen LogP contribution in [-0.2, 0) is 5.75 Å². The second-order valence-corrected chi connectivity index (χ2v) is 3.80. The summed E-state index contributed by atoms with van der Waals surface area (Å²) in [6.45, 7) is 3.61. The van der Waals surface area contributed by atoms with Gasteiger partial charge in [0.05, 0.1) is 5.56 Å². The van der Waals surface area contributed by atoms with E-state index in [-0.39, 0.29) is 0 Å². The number of benzene rings is 1. The minimum absolute atomic E-state index is 0.393. The van der Waals surface area contributed by atoms with E-state index in [0.29, 0.717) is 11.3 Å². The van der Waals surface area contributed by atoms with Crippen LogP contribution in [-0.4, -0.2) is 16.8 Å². The summed E-state index contributed by atoms with van der Waals surface area (Å²) in [6, 6.07) is 7.08. The average molecular weight is 208 g/mol. The van der Waals surface area contributed by atoms with E-state index in [1.807, 2.05) is 18.2 Å². The van der Waals surface area contributed by atoms with E-state index in [1.165, 1.54) is 0 Å². The number of carboxylic acids is 1. The van der Waals surface area contributed by atoms with Crippen LogP contribution in [0.1, 0.15) is 15.9 Å². The standard InChI is InChI=1S/C11H12O2S/c1-2-7-14-8-9-5-3-4-6-10(9)11(12)13/h2-6H,1,7-8H2,(H,12,13). The van der Waals surface area contributed by atoms with Gasteiger partial charge in [-0.15, -0.1) is 6.58 Å². The third kappa shape index (κ3) is 2.92. The Balaban J connectivity index is 2.74. The SMILES string of the molecule is C=CCSCc1ccccc1C(=O)O. The van der Waals surface area contributed by atoms with Crippen LogP contribution in [0, 0.1) is 0 Å². The second kappa shape index (κ2) is 5.50. The van der Waals surface area contributed by atoms with Crippen LogP contribution in [0.2, 0.25) is 0 Å². The zero-order valence-electron chi connectivity index (χ0n) is 7.77. The summed E-state index contributed by atoms with van der Waals surface area (Å²) >= 11 is 1.66. The van der Waals surface area contributed by atoms with Crippen molar-refractivity contribution in [2.24, 2.45) is 0 Å². The van der Waals surface area contributed by atoms with Crippen molar-refractivity contribution in [3.05, 3.63) is 48.0 Å². The molecule has 1 N–H and O–H groups in total. The Morgan fingerprint density at radius 3 is 2.86 bits per heavy atom. The number of hydrogen-bond acceptors (Lipinski definition) is 2. The highest BCUT2D eigenvalue weighted by Crippen LogP contribution is 2.16. The summed E-state index contributed by atoms with van der Waals surface area (Å²) in [7, 11) is 0. The monoisotopic (exact) mass is 208 g/mol. The third-order valence-corrected chi connectivity index (χ3v) is 2.73. The van der Waals surface area contributed by atoms with Gasteiger partial charge >= 0.3 is 5.97 Å². The largest absolute Gasteiger partial charge is 0.478 e. The van der Waals surface area contributed by atoms with E-state index >= 15 is 0 Å². The van der Waals surface area contributed by atoms with Crippen molar-refractivity contribution in [3.8, 4) is 0 Å². The lowest BCUT2D eigenvalue weighted by molar-refractivity contribution is 0.0696. The van der Waals surface area contributed by atoms with Gasteiger partial charge in [-0.05, 0) is 11.6 Å². The van der Waals surface area contributed by atoms with Gasteiger partial charge in [0, 0.05) is 11.5 Å². The fourth-order valence-electron chi connectivity index (χ4n) is 1.11. The summed E-state index contributed by atoms with van der Waals surface area (Å²) in [6.07, 6.45) is 1.81. The quantitative estimate of drug-likeness (QED) is 0.597. The summed E-state index contributed by atoms with van der Waals surface area (Å²) in [5.41, 5.74) is 1.26. The fourth-order valence-corrected chi connectivity index (χ4v) is 1.86.